The molecular formula is C58H88N10O11S. The fourth-order valence-corrected chi connectivity index (χ4v) is 10.9. The van der Waals surface area contributed by atoms with Gasteiger partial charge in [0.05, 0.1) is 23.4 Å². The maximum atomic E-state index is 14.4. The third-order valence-electron chi connectivity index (χ3n) is 14.8. The molecule has 1 aliphatic carbocycles. The van der Waals surface area contributed by atoms with Crippen LogP contribution in [0.5, 0.6) is 0 Å². The lowest BCUT2D eigenvalue weighted by Gasteiger charge is -2.40. The molecule has 21 nitrogen and oxygen atoms in total. The second kappa shape index (κ2) is 28.9. The van der Waals surface area contributed by atoms with E-state index in [1.165, 1.54) is 24.0 Å². The number of carbonyl (C=O) groups excluding carboxylic acids is 8. The van der Waals surface area contributed by atoms with Gasteiger partial charge < -0.3 is 36.6 Å². The summed E-state index contributed by atoms with van der Waals surface area (Å²) in [7, 11) is -0.954. The minimum atomic E-state index is -4.25. The van der Waals surface area contributed by atoms with Crippen molar-refractivity contribution in [1.82, 2.24) is 46.4 Å². The number of hydrogen-bond donors (Lipinski definition) is 9. The van der Waals surface area contributed by atoms with E-state index in [-0.39, 0.29) is 72.9 Å². The van der Waals surface area contributed by atoms with Gasteiger partial charge in [0.15, 0.2) is 6.35 Å². The van der Waals surface area contributed by atoms with Crippen LogP contribution >= 0.6 is 0 Å². The molecule has 442 valence electrons. The highest BCUT2D eigenvalue weighted by Crippen LogP contribution is 2.45. The number of unbranched alkanes of at least 4 members (excludes halogenated alkanes) is 2. The summed E-state index contributed by atoms with van der Waals surface area (Å²) in [5.74, 6) is -4.90. The molecule has 6 atom stereocenters. The van der Waals surface area contributed by atoms with Gasteiger partial charge in [0.1, 0.15) is 18.1 Å². The first-order valence-corrected chi connectivity index (χ1v) is 29.2. The number of nitrogens with two attached hydrogens (primary N) is 1. The first-order valence-electron chi connectivity index (χ1n) is 27.6. The van der Waals surface area contributed by atoms with E-state index in [1.54, 1.807) is 58.3 Å². The Bertz CT molecular complexity index is 2660. The van der Waals surface area contributed by atoms with Crippen molar-refractivity contribution in [2.75, 3.05) is 27.2 Å². The summed E-state index contributed by atoms with van der Waals surface area (Å²) in [6.07, 6.45) is 5.94. The molecule has 80 heavy (non-hydrogen) atoms. The third-order valence-corrected chi connectivity index (χ3v) is 16.0. The molecule has 0 aromatic heterocycles. The first-order chi connectivity index (χ1) is 37.3. The Hall–Kier alpha value is -6.33. The zero-order chi connectivity index (χ0) is 59.9. The van der Waals surface area contributed by atoms with Crippen LogP contribution in [-0.2, 0) is 65.1 Å². The normalized spacial score (nSPS) is 16.8. The fraction of sp³-hybridized carbons (Fsp3) is 0.586. The van der Waals surface area contributed by atoms with E-state index < -0.39 is 86.4 Å². The van der Waals surface area contributed by atoms with Gasteiger partial charge in [-0.1, -0.05) is 129 Å². The topological polar surface area (TPSA) is 308 Å². The number of sulfonamides is 1. The Balaban J connectivity index is 1.39. The van der Waals surface area contributed by atoms with Crippen LogP contribution in [0.25, 0.3) is 0 Å². The zero-order valence-electron chi connectivity index (χ0n) is 48.7. The average molecular weight is 1130 g/mol. The Morgan fingerprint density at radius 2 is 1.41 bits per heavy atom. The molecule has 1 unspecified atom stereocenters. The number of aliphatic hydroxyl groups excluding tert-OH is 1. The maximum Gasteiger partial charge on any atom is 0.260 e. The molecule has 2 aromatic rings. The minimum absolute atomic E-state index is 0.0618. The van der Waals surface area contributed by atoms with Crippen molar-refractivity contribution >= 4 is 57.3 Å². The minimum Gasteiger partial charge on any atom is -0.366 e. The van der Waals surface area contributed by atoms with Gasteiger partial charge in [0.2, 0.25) is 39.6 Å². The molecule has 0 spiro atoms. The maximum absolute atomic E-state index is 14.4. The Morgan fingerprint density at radius 1 is 0.800 bits per heavy atom. The van der Waals surface area contributed by atoms with Crippen LogP contribution in [0.2, 0.25) is 0 Å². The Kier molecular flexibility index (Phi) is 23.9. The van der Waals surface area contributed by atoms with Crippen molar-refractivity contribution in [2.24, 2.45) is 23.0 Å². The summed E-state index contributed by atoms with van der Waals surface area (Å²) >= 11 is 0. The van der Waals surface area contributed by atoms with Gasteiger partial charge in [-0.2, -0.15) is 0 Å². The molecule has 1 heterocycles. The lowest BCUT2D eigenvalue weighted by molar-refractivity contribution is -0.141. The van der Waals surface area contributed by atoms with Crippen LogP contribution in [0.3, 0.4) is 0 Å². The van der Waals surface area contributed by atoms with E-state index in [1.807, 2.05) is 78.8 Å². The number of amides is 8. The quantitative estimate of drug-likeness (QED) is 0.0227. The van der Waals surface area contributed by atoms with Gasteiger partial charge in [-0.3, -0.25) is 54.3 Å². The summed E-state index contributed by atoms with van der Waals surface area (Å²) in [5.41, 5.74) is 5.31. The van der Waals surface area contributed by atoms with Crippen LogP contribution in [0.4, 0.5) is 0 Å². The molecule has 10 N–H and O–H groups in total. The highest BCUT2D eigenvalue weighted by atomic mass is 32.2. The third kappa shape index (κ3) is 18.9. The lowest BCUT2D eigenvalue weighted by Crippen LogP contribution is -2.61. The van der Waals surface area contributed by atoms with Crippen LogP contribution in [-0.4, -0.2) is 134 Å². The Labute approximate surface area is 472 Å². The number of likely N-dealkylation sites (N-methyl/N-ethyl adjacent to an activating group) is 2. The molecule has 2 aromatic carbocycles. The van der Waals surface area contributed by atoms with Gasteiger partial charge >= 0.3 is 0 Å². The molecule has 2 aliphatic rings. The smallest absolute Gasteiger partial charge is 0.260 e. The van der Waals surface area contributed by atoms with Crippen molar-refractivity contribution in [3.63, 3.8) is 0 Å². The van der Waals surface area contributed by atoms with E-state index in [4.69, 9.17) is 5.73 Å². The van der Waals surface area contributed by atoms with Crippen LogP contribution in [0.15, 0.2) is 78.4 Å². The number of imide groups is 1. The zero-order valence-corrected chi connectivity index (χ0v) is 49.6. The van der Waals surface area contributed by atoms with Crippen LogP contribution < -0.4 is 42.4 Å². The summed E-state index contributed by atoms with van der Waals surface area (Å²) in [4.78, 5) is 109. The number of aliphatic hydroxyl groups is 1. The average Bonchev–Trinajstić information content (AvgIpc) is 4.09. The summed E-state index contributed by atoms with van der Waals surface area (Å²) in [6.45, 7) is 18.7. The fourth-order valence-electron chi connectivity index (χ4n) is 9.74. The SMILES string of the molecule is CN[C@H](C(=O)N[C@H](C(=O)N(C)[C@H](/C=C(\C)C(=O)NS(=O)(=O)Cc1ccc(C2(NC(=O)[C@H](CCCNC(N)O)NC(=O)[C@@H](NC(=O)CCCCCN3C(=O)C=CC3=O)C(C)C)CC2)cc1)C(C)C)C(C)(C)C)C(C)(C)c1ccccc1. The molecule has 1 saturated carbocycles. The summed E-state index contributed by atoms with van der Waals surface area (Å²) < 4.78 is 29.2. The molecule has 8 amide bonds. The standard InChI is InChI=1S/C58H88N10O11S/c1-36(2)43(67(12)54(76)49(56(6,7)8)64-53(75)48(60-11)57(9,10)40-20-15-13-16-21-40)34-38(5)50(72)66-80(78,79)35-39-24-26-41(27-25-39)58(30-31-58)65-51(73)42(22-19-32-61-55(59)77)62-52(74)47(37(3)4)63-44(69)23-17-14-18-33-68-45(70)28-29-46(68)71/h13,15-16,20-21,24-29,34,36-37,42-43,47-49,55,60-61,77H,14,17-19,22-23,30-33,35,59H2,1-12H3,(H,62,74)(H,63,69)(H,64,75)(H,65,73)(H,66,72)/b38-34+/t42-,43+,47-,48+,49+,55?/m0/s1. The van der Waals surface area contributed by atoms with Gasteiger partial charge in [0.25, 0.3) is 17.7 Å². The van der Waals surface area contributed by atoms with Crippen molar-refractivity contribution in [3.05, 3.63) is 95.1 Å². The number of carbonyl (C=O) groups is 8. The van der Waals surface area contributed by atoms with E-state index in [2.05, 4.69) is 36.6 Å². The van der Waals surface area contributed by atoms with Gasteiger partial charge in [-0.05, 0) is 93.0 Å². The summed E-state index contributed by atoms with van der Waals surface area (Å²) in [6, 6.07) is 11.9. The van der Waals surface area contributed by atoms with Crippen molar-refractivity contribution in [1.29, 1.82) is 0 Å². The summed E-state index contributed by atoms with van der Waals surface area (Å²) in [5, 5.41) is 27.1. The number of benzene rings is 2. The lowest BCUT2D eigenvalue weighted by atomic mass is 9.76. The molecule has 4 rings (SSSR count). The molecule has 22 heteroatoms. The van der Waals surface area contributed by atoms with Gasteiger partial charge in [-0.25, -0.2) is 13.1 Å². The van der Waals surface area contributed by atoms with E-state index in [9.17, 15) is 51.9 Å². The predicted molar refractivity (Wildman–Crippen MR) is 306 cm³/mol. The van der Waals surface area contributed by atoms with Gasteiger partial charge in [-0.15, -0.1) is 0 Å². The molecule has 0 radical (unpaired) electrons. The second-order valence-corrected chi connectivity index (χ2v) is 25.2. The largest absolute Gasteiger partial charge is 0.366 e. The number of nitrogens with one attached hydrogen (secondary N) is 7. The molecule has 1 aliphatic heterocycles. The number of rotatable bonds is 31. The molecule has 1 fully saturated rings. The molecule has 0 saturated heterocycles. The molecule has 0 bridgehead atoms. The van der Waals surface area contributed by atoms with Crippen molar-refractivity contribution in [2.45, 2.75) is 174 Å². The Morgan fingerprint density at radius 3 is 1.95 bits per heavy atom. The van der Waals surface area contributed by atoms with Crippen LogP contribution in [0, 0.1) is 17.3 Å². The molecular weight excluding hydrogens is 1040 g/mol. The van der Waals surface area contributed by atoms with Crippen molar-refractivity contribution < 1.29 is 51.9 Å². The van der Waals surface area contributed by atoms with E-state index in [0.29, 0.717) is 49.7 Å². The highest BCUT2D eigenvalue weighted by Gasteiger charge is 2.47. The first kappa shape index (κ1) is 66.2. The van der Waals surface area contributed by atoms with Crippen molar-refractivity contribution in [3.8, 4) is 0 Å². The highest BCUT2D eigenvalue weighted by molar-refractivity contribution is 7.89. The second-order valence-electron chi connectivity index (χ2n) is 23.5. The number of nitrogens with zero attached hydrogens (tertiary/aromatic N) is 2. The van der Waals surface area contributed by atoms with E-state index >= 15 is 0 Å². The van der Waals surface area contributed by atoms with Crippen LogP contribution in [0.1, 0.15) is 137 Å². The monoisotopic (exact) mass is 1130 g/mol. The predicted octanol–water partition coefficient (Wildman–Crippen LogP) is 2.98. The van der Waals surface area contributed by atoms with E-state index in [0.717, 1.165) is 10.5 Å². The number of hydrogen-bond acceptors (Lipinski definition) is 14. The van der Waals surface area contributed by atoms with Gasteiger partial charge in [0, 0.05) is 43.2 Å².